The number of aryl methyl sites for hydroxylation is 4. The fraction of sp³-hybridized carbons (Fsp3) is 0.0968. The van der Waals surface area contributed by atoms with Crippen LogP contribution < -0.4 is 9.80 Å². The molecule has 0 fully saturated rings. The van der Waals surface area contributed by atoms with Gasteiger partial charge in [-0.25, -0.2) is 0 Å². The summed E-state index contributed by atoms with van der Waals surface area (Å²) >= 11 is 0. The molecule has 338 valence electrons. The van der Waals surface area contributed by atoms with Crippen molar-refractivity contribution in [3.05, 3.63) is 273 Å². The molecule has 0 saturated carbocycles. The lowest BCUT2D eigenvalue weighted by atomic mass is 10.0. The summed E-state index contributed by atoms with van der Waals surface area (Å²) in [5.74, 6) is 0.990. The summed E-state index contributed by atoms with van der Waals surface area (Å²) in [5, 5.41) is 15.3. The molecule has 0 bridgehead atoms. The van der Waals surface area contributed by atoms with Crippen molar-refractivity contribution < 1.29 is 0 Å². The smallest absolute Gasteiger partial charge is 0.226 e. The summed E-state index contributed by atoms with van der Waals surface area (Å²) in [4.78, 5) is 17.2. The molecule has 8 aromatic carbocycles. The van der Waals surface area contributed by atoms with Crippen molar-refractivity contribution in [2.24, 2.45) is 10.1 Å². The first-order valence-electron chi connectivity index (χ1n) is 23.4. The SMILES string of the molecule is [C-]#[N+]/N=C1/C2=C(c3ccc(N(c4ccc(C)cc4)c4ccc(C)cc4)cc3)N(Cc3ccccc3)C(=NC#N)C2=C(c2ccc(N(c3ccc(C)cc3)c3ccc(C)cc3)cc2)N1Cc1ccccc1. The molecule has 8 aromatic rings. The lowest BCUT2D eigenvalue weighted by molar-refractivity contribution is 0.571. The first-order valence-corrected chi connectivity index (χ1v) is 23.4. The topological polar surface area (TPSA) is 65.8 Å². The molecule has 0 saturated heterocycles. The molecule has 0 N–H and O–H groups in total. The predicted octanol–water partition coefficient (Wildman–Crippen LogP) is 15.1. The minimum absolute atomic E-state index is 0.419. The Labute approximate surface area is 410 Å². The number of benzene rings is 8. The number of nitrogens with zero attached hydrogens (tertiary/aromatic N) is 8. The van der Waals surface area contributed by atoms with Crippen LogP contribution in [0.5, 0.6) is 0 Å². The van der Waals surface area contributed by atoms with E-state index in [1.54, 1.807) is 0 Å². The van der Waals surface area contributed by atoms with Crippen LogP contribution in [0.4, 0.5) is 34.1 Å². The Morgan fingerprint density at radius 3 is 1.04 bits per heavy atom. The minimum atomic E-state index is 0.419. The molecule has 0 amide bonds. The molecule has 10 rings (SSSR count). The summed E-state index contributed by atoms with van der Waals surface area (Å²) in [7, 11) is 0. The zero-order valence-electron chi connectivity index (χ0n) is 39.6. The largest absolute Gasteiger partial charge is 0.319 e. The van der Waals surface area contributed by atoms with Crippen molar-refractivity contribution in [1.82, 2.24) is 9.80 Å². The summed E-state index contributed by atoms with van der Waals surface area (Å²) in [6, 6.07) is 71.8. The van der Waals surface area contributed by atoms with Crippen LogP contribution in [0.15, 0.2) is 227 Å². The molecule has 2 aliphatic rings. The Bertz CT molecular complexity index is 3050. The molecule has 0 aromatic heterocycles. The first-order chi connectivity index (χ1) is 34.3. The van der Waals surface area contributed by atoms with Gasteiger partial charge < -0.3 is 19.6 Å². The van der Waals surface area contributed by atoms with E-state index >= 15 is 0 Å². The van der Waals surface area contributed by atoms with Gasteiger partial charge in [0.25, 0.3) is 0 Å². The van der Waals surface area contributed by atoms with Crippen molar-refractivity contribution in [3.8, 4) is 6.19 Å². The second kappa shape index (κ2) is 19.5. The molecule has 0 radical (unpaired) electrons. The average molecular weight is 907 g/mol. The van der Waals surface area contributed by atoms with E-state index < -0.39 is 0 Å². The van der Waals surface area contributed by atoms with Crippen LogP contribution in [0.25, 0.3) is 16.3 Å². The zero-order valence-corrected chi connectivity index (χ0v) is 39.6. The molecule has 8 nitrogen and oxygen atoms in total. The van der Waals surface area contributed by atoms with Gasteiger partial charge in [-0.3, -0.25) is 0 Å². The van der Waals surface area contributed by atoms with Gasteiger partial charge in [0.15, 0.2) is 5.84 Å². The van der Waals surface area contributed by atoms with Crippen LogP contribution in [-0.2, 0) is 13.1 Å². The van der Waals surface area contributed by atoms with E-state index in [9.17, 15) is 5.26 Å². The van der Waals surface area contributed by atoms with E-state index in [1.165, 1.54) is 22.3 Å². The number of anilines is 6. The highest BCUT2D eigenvalue weighted by Crippen LogP contribution is 2.50. The van der Waals surface area contributed by atoms with Gasteiger partial charge in [-0.1, -0.05) is 156 Å². The Morgan fingerprint density at radius 1 is 0.429 bits per heavy atom. The standard InChI is InChI=1S/C62H50N8/c1-43-16-28-51(29-17-43)69(52-30-18-44(2)19-31-52)55-36-24-49(25-37-55)59-57-58(62(66-64-5)68(59)41-48-14-10-7-11-15-48)60(67(61(57)65-42-63)40-47-12-8-6-9-13-47)50-26-38-56(39-27-50)70(53-32-20-45(3)21-33-53)54-34-22-46(4)23-35-54/h6-39H,40-41H2,1-4H3/b65-61?,66-62-. The van der Waals surface area contributed by atoms with E-state index in [2.05, 4.69) is 238 Å². The van der Waals surface area contributed by atoms with E-state index in [0.717, 1.165) is 78.9 Å². The molecule has 0 spiro atoms. The predicted molar refractivity (Wildman–Crippen MR) is 286 cm³/mol. The highest BCUT2D eigenvalue weighted by molar-refractivity contribution is 6.33. The molecule has 2 heterocycles. The lowest BCUT2D eigenvalue weighted by Gasteiger charge is -2.29. The van der Waals surface area contributed by atoms with Crippen LogP contribution >= 0.6 is 0 Å². The van der Waals surface area contributed by atoms with Crippen LogP contribution in [0, 0.1) is 45.7 Å². The van der Waals surface area contributed by atoms with Gasteiger partial charge >= 0.3 is 0 Å². The summed E-state index contributed by atoms with van der Waals surface area (Å²) in [6.07, 6.45) is 2.18. The third-order valence-corrected chi connectivity index (χ3v) is 12.9. The molecule has 70 heavy (non-hydrogen) atoms. The third-order valence-electron chi connectivity index (χ3n) is 12.9. The van der Waals surface area contributed by atoms with Crippen LogP contribution in [-0.4, -0.2) is 21.5 Å². The average Bonchev–Trinajstić information content (AvgIpc) is 3.85. The van der Waals surface area contributed by atoms with Gasteiger partial charge in [-0.15, -0.1) is 4.95 Å². The number of nitriles is 1. The molecule has 0 atom stereocenters. The summed E-state index contributed by atoms with van der Waals surface area (Å²) in [6.45, 7) is 17.5. The Hall–Kier alpha value is -9.24. The summed E-state index contributed by atoms with van der Waals surface area (Å²) < 4.78 is 0. The zero-order chi connectivity index (χ0) is 48.1. The molecule has 2 aliphatic heterocycles. The number of amidine groups is 2. The van der Waals surface area contributed by atoms with Crippen molar-refractivity contribution in [1.29, 1.82) is 5.26 Å². The molecule has 0 aliphatic carbocycles. The second-order valence-corrected chi connectivity index (χ2v) is 17.8. The fourth-order valence-electron chi connectivity index (χ4n) is 9.39. The number of hydrogen-bond donors (Lipinski definition) is 0. The third kappa shape index (κ3) is 8.86. The van der Waals surface area contributed by atoms with Crippen LogP contribution in [0.1, 0.15) is 44.5 Å². The van der Waals surface area contributed by atoms with E-state index in [4.69, 9.17) is 6.57 Å². The van der Waals surface area contributed by atoms with Gasteiger partial charge in [0.1, 0.15) is 5.10 Å². The summed E-state index contributed by atoms with van der Waals surface area (Å²) in [5.41, 5.74) is 17.9. The van der Waals surface area contributed by atoms with Crippen LogP contribution in [0.2, 0.25) is 0 Å². The molecular formula is C62H50N8. The van der Waals surface area contributed by atoms with Gasteiger partial charge in [0.2, 0.25) is 12.0 Å². The second-order valence-electron chi connectivity index (χ2n) is 17.8. The Morgan fingerprint density at radius 2 is 0.729 bits per heavy atom. The van der Waals surface area contributed by atoms with Crippen molar-refractivity contribution in [2.45, 2.75) is 40.8 Å². The Balaban J connectivity index is 1.18. The van der Waals surface area contributed by atoms with Crippen molar-refractivity contribution >= 4 is 57.2 Å². The Kier molecular flexibility index (Phi) is 12.4. The normalized spacial score (nSPS) is 14.3. The number of aliphatic imine (C=N–C) groups is 1. The van der Waals surface area contributed by atoms with E-state index in [0.29, 0.717) is 24.8 Å². The van der Waals surface area contributed by atoms with Crippen molar-refractivity contribution in [3.63, 3.8) is 0 Å². The maximum atomic E-state index is 10.6. The maximum absolute atomic E-state index is 10.6. The van der Waals surface area contributed by atoms with E-state index in [1.807, 2.05) is 36.4 Å². The lowest BCUT2D eigenvalue weighted by Crippen LogP contribution is -2.29. The first kappa shape index (κ1) is 44.6. The minimum Gasteiger partial charge on any atom is -0.319 e. The van der Waals surface area contributed by atoms with Crippen molar-refractivity contribution in [2.75, 3.05) is 9.80 Å². The van der Waals surface area contributed by atoms with Gasteiger partial charge in [0, 0.05) is 47.2 Å². The number of hydrogen-bond acceptors (Lipinski definition) is 5. The van der Waals surface area contributed by atoms with Gasteiger partial charge in [0.05, 0.1) is 22.5 Å². The highest BCUT2D eigenvalue weighted by Gasteiger charge is 2.48. The number of rotatable bonds is 12. The van der Waals surface area contributed by atoms with Gasteiger partial charge in [-0.2, -0.15) is 16.8 Å². The van der Waals surface area contributed by atoms with Gasteiger partial charge in [-0.05, 0) is 123 Å². The quantitative estimate of drug-likeness (QED) is 0.0694. The van der Waals surface area contributed by atoms with E-state index in [-0.39, 0.29) is 0 Å². The number of fused-ring (bicyclic) bond motifs is 1. The van der Waals surface area contributed by atoms with Crippen LogP contribution in [0.3, 0.4) is 0 Å². The highest BCUT2D eigenvalue weighted by atomic mass is 15.3. The molecule has 0 unspecified atom stereocenters. The fourth-order valence-corrected chi connectivity index (χ4v) is 9.39. The molecular weight excluding hydrogens is 857 g/mol. The monoisotopic (exact) mass is 906 g/mol. The molecule has 8 heteroatoms. The maximum Gasteiger partial charge on any atom is 0.226 e.